The van der Waals surface area contributed by atoms with Gasteiger partial charge in [0.25, 0.3) is 0 Å². The van der Waals surface area contributed by atoms with E-state index in [1.54, 1.807) is 24.3 Å². The molecular weight excluding hydrogens is 228 g/mol. The summed E-state index contributed by atoms with van der Waals surface area (Å²) in [7, 11) is 0. The van der Waals surface area contributed by atoms with E-state index in [-0.39, 0.29) is 17.8 Å². The second-order valence-electron chi connectivity index (χ2n) is 4.63. The van der Waals surface area contributed by atoms with Crippen LogP contribution in [-0.2, 0) is 9.53 Å². The summed E-state index contributed by atoms with van der Waals surface area (Å²) in [5, 5.41) is 9.29. The van der Waals surface area contributed by atoms with E-state index >= 15 is 0 Å². The Hall–Kier alpha value is -1.77. The molecule has 18 heavy (non-hydrogen) atoms. The molecule has 1 aromatic carbocycles. The number of aromatic hydroxyl groups is 1. The van der Waals surface area contributed by atoms with E-state index in [9.17, 15) is 9.90 Å². The van der Waals surface area contributed by atoms with Crippen LogP contribution in [0.25, 0.3) is 6.08 Å². The van der Waals surface area contributed by atoms with E-state index in [1.165, 1.54) is 12.5 Å². The number of phenols is 1. The monoisotopic (exact) mass is 246 g/mol. The first-order chi connectivity index (χ1) is 8.74. The Morgan fingerprint density at radius 3 is 2.78 bits per heavy atom. The molecular formula is C15H18O3. The molecule has 0 atom stereocenters. The predicted octanol–water partition coefficient (Wildman–Crippen LogP) is 3.28. The summed E-state index contributed by atoms with van der Waals surface area (Å²) >= 11 is 0. The lowest BCUT2D eigenvalue weighted by Crippen LogP contribution is -2.19. The standard InChI is InChI=1S/C15H18O3/c16-13-6-4-5-12(11-13)9-10-15(17)18-14-7-2-1-3-8-14/h4-6,9-11,14,16H,1-3,7-8H2/b10-9+. The SMILES string of the molecule is O=C(/C=C/c1cccc(O)c1)OC1CCCCC1. The molecule has 1 saturated carbocycles. The van der Waals surface area contributed by atoms with E-state index in [4.69, 9.17) is 4.74 Å². The minimum absolute atomic E-state index is 0.0834. The van der Waals surface area contributed by atoms with Gasteiger partial charge in [0.1, 0.15) is 11.9 Å². The Morgan fingerprint density at radius 2 is 2.06 bits per heavy atom. The van der Waals surface area contributed by atoms with Crippen molar-refractivity contribution in [2.45, 2.75) is 38.2 Å². The fraction of sp³-hybridized carbons (Fsp3) is 0.400. The van der Waals surface area contributed by atoms with Crippen molar-refractivity contribution in [3.63, 3.8) is 0 Å². The first-order valence-electron chi connectivity index (χ1n) is 6.42. The Kier molecular flexibility index (Phi) is 4.40. The zero-order chi connectivity index (χ0) is 12.8. The van der Waals surface area contributed by atoms with Crippen LogP contribution in [0.1, 0.15) is 37.7 Å². The van der Waals surface area contributed by atoms with Crippen molar-refractivity contribution >= 4 is 12.0 Å². The van der Waals surface area contributed by atoms with Gasteiger partial charge in [-0.3, -0.25) is 0 Å². The minimum Gasteiger partial charge on any atom is -0.508 e. The average Bonchev–Trinajstić information content (AvgIpc) is 2.38. The number of phenolic OH excluding ortho intramolecular Hbond substituents is 1. The third kappa shape index (κ3) is 3.91. The van der Waals surface area contributed by atoms with Gasteiger partial charge < -0.3 is 9.84 Å². The topological polar surface area (TPSA) is 46.5 Å². The highest BCUT2D eigenvalue weighted by molar-refractivity contribution is 5.87. The maximum absolute atomic E-state index is 11.6. The van der Waals surface area contributed by atoms with E-state index in [0.717, 1.165) is 31.2 Å². The summed E-state index contributed by atoms with van der Waals surface area (Å²) in [6.45, 7) is 0. The molecule has 0 unspecified atom stereocenters. The third-order valence-corrected chi connectivity index (χ3v) is 3.12. The van der Waals surface area contributed by atoms with Crippen LogP contribution in [0, 0.1) is 0 Å². The molecule has 3 heteroatoms. The molecule has 96 valence electrons. The van der Waals surface area contributed by atoms with Gasteiger partial charge in [0.2, 0.25) is 0 Å². The zero-order valence-electron chi connectivity index (χ0n) is 10.3. The fourth-order valence-electron chi connectivity index (χ4n) is 2.18. The summed E-state index contributed by atoms with van der Waals surface area (Å²) < 4.78 is 5.36. The van der Waals surface area contributed by atoms with Crippen LogP contribution in [0.15, 0.2) is 30.3 Å². The molecule has 0 bridgehead atoms. The van der Waals surface area contributed by atoms with Crippen LogP contribution in [-0.4, -0.2) is 17.2 Å². The number of hydrogen-bond acceptors (Lipinski definition) is 3. The molecule has 1 aliphatic rings. The fourth-order valence-corrected chi connectivity index (χ4v) is 2.18. The van der Waals surface area contributed by atoms with Crippen molar-refractivity contribution in [2.75, 3.05) is 0 Å². The van der Waals surface area contributed by atoms with Gasteiger partial charge >= 0.3 is 5.97 Å². The van der Waals surface area contributed by atoms with Gasteiger partial charge in [-0.05, 0) is 49.5 Å². The quantitative estimate of drug-likeness (QED) is 0.657. The normalized spacial score (nSPS) is 16.9. The van der Waals surface area contributed by atoms with Gasteiger partial charge in [0.05, 0.1) is 0 Å². The van der Waals surface area contributed by atoms with Crippen LogP contribution < -0.4 is 0 Å². The largest absolute Gasteiger partial charge is 0.508 e. The number of carbonyl (C=O) groups excluding carboxylic acids is 1. The van der Waals surface area contributed by atoms with Gasteiger partial charge in [0, 0.05) is 6.08 Å². The number of benzene rings is 1. The van der Waals surface area contributed by atoms with E-state index < -0.39 is 0 Å². The van der Waals surface area contributed by atoms with Crippen molar-refractivity contribution < 1.29 is 14.6 Å². The van der Waals surface area contributed by atoms with Crippen molar-refractivity contribution in [3.05, 3.63) is 35.9 Å². The Labute approximate surface area is 107 Å². The number of hydrogen-bond donors (Lipinski definition) is 1. The number of rotatable bonds is 3. The highest BCUT2D eigenvalue weighted by Gasteiger charge is 2.16. The first kappa shape index (κ1) is 12.7. The van der Waals surface area contributed by atoms with Crippen LogP contribution in [0.5, 0.6) is 5.75 Å². The van der Waals surface area contributed by atoms with E-state index in [0.29, 0.717) is 0 Å². The lowest BCUT2D eigenvalue weighted by atomic mass is 9.98. The Balaban J connectivity index is 1.86. The summed E-state index contributed by atoms with van der Waals surface area (Å²) in [5.41, 5.74) is 0.788. The predicted molar refractivity (Wildman–Crippen MR) is 70.1 cm³/mol. The van der Waals surface area contributed by atoms with Gasteiger partial charge in [0.15, 0.2) is 0 Å². The molecule has 1 aliphatic carbocycles. The second kappa shape index (κ2) is 6.24. The van der Waals surface area contributed by atoms with Crippen LogP contribution in [0.4, 0.5) is 0 Å². The molecule has 0 heterocycles. The lowest BCUT2D eigenvalue weighted by Gasteiger charge is -2.20. The molecule has 3 nitrogen and oxygen atoms in total. The maximum Gasteiger partial charge on any atom is 0.331 e. The Bertz CT molecular complexity index is 431. The van der Waals surface area contributed by atoms with Crippen LogP contribution >= 0.6 is 0 Å². The van der Waals surface area contributed by atoms with Crippen molar-refractivity contribution in [3.8, 4) is 5.75 Å². The summed E-state index contributed by atoms with van der Waals surface area (Å²) in [6, 6.07) is 6.76. The van der Waals surface area contributed by atoms with Gasteiger partial charge in [-0.1, -0.05) is 18.6 Å². The number of esters is 1. The lowest BCUT2D eigenvalue weighted by molar-refractivity contribution is -0.144. The van der Waals surface area contributed by atoms with Crippen LogP contribution in [0.3, 0.4) is 0 Å². The minimum atomic E-state index is -0.301. The highest BCUT2D eigenvalue weighted by Crippen LogP contribution is 2.20. The van der Waals surface area contributed by atoms with Gasteiger partial charge in [-0.2, -0.15) is 0 Å². The summed E-state index contributed by atoms with van der Waals surface area (Å²) in [6.07, 6.45) is 8.65. The molecule has 0 aromatic heterocycles. The molecule has 0 amide bonds. The molecule has 0 radical (unpaired) electrons. The molecule has 2 rings (SSSR count). The summed E-state index contributed by atoms with van der Waals surface area (Å²) in [4.78, 5) is 11.6. The first-order valence-corrected chi connectivity index (χ1v) is 6.42. The molecule has 1 fully saturated rings. The molecule has 0 aliphatic heterocycles. The zero-order valence-corrected chi connectivity index (χ0v) is 10.3. The van der Waals surface area contributed by atoms with E-state index in [1.807, 2.05) is 6.07 Å². The number of carbonyl (C=O) groups is 1. The third-order valence-electron chi connectivity index (χ3n) is 3.12. The summed E-state index contributed by atoms with van der Waals surface area (Å²) in [5.74, 6) is -0.108. The van der Waals surface area contributed by atoms with E-state index in [2.05, 4.69) is 0 Å². The average molecular weight is 246 g/mol. The molecule has 1 N–H and O–H groups in total. The maximum atomic E-state index is 11.6. The smallest absolute Gasteiger partial charge is 0.331 e. The van der Waals surface area contributed by atoms with Crippen molar-refractivity contribution in [2.24, 2.45) is 0 Å². The van der Waals surface area contributed by atoms with Crippen molar-refractivity contribution in [1.29, 1.82) is 0 Å². The Morgan fingerprint density at radius 1 is 1.28 bits per heavy atom. The van der Waals surface area contributed by atoms with Crippen molar-refractivity contribution in [1.82, 2.24) is 0 Å². The second-order valence-corrected chi connectivity index (χ2v) is 4.63. The van der Waals surface area contributed by atoms with Gasteiger partial charge in [-0.25, -0.2) is 4.79 Å². The molecule has 0 spiro atoms. The van der Waals surface area contributed by atoms with Crippen LogP contribution in [0.2, 0.25) is 0 Å². The number of ether oxygens (including phenoxy) is 1. The van der Waals surface area contributed by atoms with Gasteiger partial charge in [-0.15, -0.1) is 0 Å². The highest BCUT2D eigenvalue weighted by atomic mass is 16.5. The molecule has 0 saturated heterocycles. The molecule has 1 aromatic rings.